The second-order valence-corrected chi connectivity index (χ2v) is 8.64. The lowest BCUT2D eigenvalue weighted by molar-refractivity contribution is -0.117. The summed E-state index contributed by atoms with van der Waals surface area (Å²) in [5.74, 6) is -0.0517. The van der Waals surface area contributed by atoms with Crippen LogP contribution in [0.3, 0.4) is 0 Å². The molecule has 2 aromatic heterocycles. The Balaban J connectivity index is 2.07. The van der Waals surface area contributed by atoms with Gasteiger partial charge in [0.1, 0.15) is 5.69 Å². The highest BCUT2D eigenvalue weighted by molar-refractivity contribution is 7.17. The number of hydrogen-bond donors (Lipinski definition) is 1. The number of carbonyl (C=O) groups is 1. The van der Waals surface area contributed by atoms with E-state index >= 15 is 0 Å². The molecule has 10 heteroatoms. The molecule has 0 bridgehead atoms. The highest BCUT2D eigenvalue weighted by atomic mass is 35.5. The standard InChI is InChI=1S/C19H18Cl2F2N4OS/c1-10(2)11(3)24-15(28)9-8-14-16(12-6-4-5-7-13(12)20)25-18-27(14)26-17(29-18)19(21,22)23/h4-11H,1-3H3,(H,24,28)/b9-8+. The van der Waals surface area contributed by atoms with Crippen LogP contribution in [0.4, 0.5) is 8.78 Å². The van der Waals surface area contributed by atoms with Gasteiger partial charge in [-0.3, -0.25) is 4.79 Å². The first-order valence-electron chi connectivity index (χ1n) is 8.78. The van der Waals surface area contributed by atoms with Gasteiger partial charge in [-0.2, -0.15) is 13.9 Å². The molecule has 0 fully saturated rings. The molecule has 5 nitrogen and oxygen atoms in total. The van der Waals surface area contributed by atoms with Crippen molar-refractivity contribution in [2.75, 3.05) is 0 Å². The van der Waals surface area contributed by atoms with E-state index in [0.717, 1.165) is 0 Å². The van der Waals surface area contributed by atoms with Crippen molar-refractivity contribution in [1.29, 1.82) is 0 Å². The van der Waals surface area contributed by atoms with Crippen LogP contribution >= 0.6 is 34.5 Å². The molecule has 3 rings (SSSR count). The first-order valence-corrected chi connectivity index (χ1v) is 10.4. The maximum Gasteiger partial charge on any atom is 0.375 e. The summed E-state index contributed by atoms with van der Waals surface area (Å²) in [5, 5.41) is 2.99. The van der Waals surface area contributed by atoms with E-state index in [1.165, 1.54) is 16.7 Å². The summed E-state index contributed by atoms with van der Waals surface area (Å²) >= 11 is 12.1. The Hall–Kier alpha value is -2.03. The minimum absolute atomic E-state index is 0.0264. The average Bonchev–Trinajstić information content (AvgIpc) is 3.18. The SMILES string of the molecule is CC(C)C(C)NC(=O)/C=C/c1c(-c2ccccc2Cl)nc2sc(C(F)(F)Cl)nn12. The van der Waals surface area contributed by atoms with Crippen LogP contribution in [0.15, 0.2) is 30.3 Å². The maximum atomic E-state index is 13.5. The molecule has 3 aromatic rings. The van der Waals surface area contributed by atoms with E-state index in [-0.39, 0.29) is 22.8 Å². The fourth-order valence-corrected chi connectivity index (χ4v) is 3.63. The summed E-state index contributed by atoms with van der Waals surface area (Å²) in [4.78, 5) is 16.9. The number of imidazole rings is 1. The van der Waals surface area contributed by atoms with Gasteiger partial charge in [0, 0.05) is 17.7 Å². The Labute approximate surface area is 180 Å². The predicted molar refractivity (Wildman–Crippen MR) is 113 cm³/mol. The minimum Gasteiger partial charge on any atom is -0.350 e. The Kier molecular flexibility index (Phi) is 6.26. The van der Waals surface area contributed by atoms with Crippen molar-refractivity contribution in [3.05, 3.63) is 46.1 Å². The van der Waals surface area contributed by atoms with Crippen molar-refractivity contribution in [3.8, 4) is 11.3 Å². The third-order valence-corrected chi connectivity index (χ3v) is 5.97. The summed E-state index contributed by atoms with van der Waals surface area (Å²) in [5.41, 5.74) is 1.38. The first kappa shape index (κ1) is 21.7. The second-order valence-electron chi connectivity index (χ2n) is 6.80. The molecule has 2 heterocycles. The number of carbonyl (C=O) groups excluding carboxylic acids is 1. The van der Waals surface area contributed by atoms with Crippen LogP contribution in [-0.2, 0) is 10.2 Å². The van der Waals surface area contributed by atoms with Crippen molar-refractivity contribution >= 4 is 51.5 Å². The lowest BCUT2D eigenvalue weighted by atomic mass is 10.1. The molecule has 1 N–H and O–H groups in total. The predicted octanol–water partition coefficient (Wildman–Crippen LogP) is 5.57. The topological polar surface area (TPSA) is 59.3 Å². The van der Waals surface area contributed by atoms with Gasteiger partial charge in [-0.1, -0.05) is 55.0 Å². The number of alkyl halides is 3. The molecule has 1 amide bonds. The Bertz CT molecular complexity index is 1070. The Morgan fingerprint density at radius 1 is 1.31 bits per heavy atom. The molecule has 0 spiro atoms. The summed E-state index contributed by atoms with van der Waals surface area (Å²) in [6, 6.07) is 6.97. The molecule has 154 valence electrons. The summed E-state index contributed by atoms with van der Waals surface area (Å²) in [6.45, 7) is 5.89. The van der Waals surface area contributed by atoms with Gasteiger partial charge in [-0.05, 0) is 36.6 Å². The number of hydrogen-bond acceptors (Lipinski definition) is 4. The van der Waals surface area contributed by atoms with Crippen molar-refractivity contribution < 1.29 is 13.6 Å². The third-order valence-electron chi connectivity index (χ3n) is 4.37. The monoisotopic (exact) mass is 458 g/mol. The molecule has 0 aliphatic rings. The number of nitrogens with zero attached hydrogens (tertiary/aromatic N) is 3. The quantitative estimate of drug-likeness (QED) is 0.387. The molecule has 1 atom stereocenters. The number of amides is 1. The van der Waals surface area contributed by atoms with Crippen LogP contribution in [0.5, 0.6) is 0 Å². The molecule has 0 saturated heterocycles. The smallest absolute Gasteiger partial charge is 0.350 e. The molecule has 0 aliphatic carbocycles. The number of rotatable bonds is 6. The van der Waals surface area contributed by atoms with E-state index in [1.807, 2.05) is 20.8 Å². The molecule has 29 heavy (non-hydrogen) atoms. The molecular formula is C19H18Cl2F2N4OS. The van der Waals surface area contributed by atoms with Crippen LogP contribution in [-0.4, -0.2) is 26.5 Å². The van der Waals surface area contributed by atoms with Crippen LogP contribution in [0, 0.1) is 5.92 Å². The average molecular weight is 459 g/mol. The highest BCUT2D eigenvalue weighted by Crippen LogP contribution is 2.38. The minimum atomic E-state index is -3.61. The molecule has 0 radical (unpaired) electrons. The Morgan fingerprint density at radius 3 is 2.62 bits per heavy atom. The number of nitrogens with one attached hydrogen (secondary N) is 1. The number of halogens is 4. The zero-order valence-electron chi connectivity index (χ0n) is 15.8. The van der Waals surface area contributed by atoms with Crippen LogP contribution < -0.4 is 5.32 Å². The van der Waals surface area contributed by atoms with Gasteiger partial charge < -0.3 is 5.32 Å². The molecule has 1 unspecified atom stereocenters. The van der Waals surface area contributed by atoms with Crippen LogP contribution in [0.1, 0.15) is 31.5 Å². The van der Waals surface area contributed by atoms with E-state index in [2.05, 4.69) is 15.4 Å². The number of aromatic nitrogens is 3. The normalized spacial score (nSPS) is 13.5. The summed E-state index contributed by atoms with van der Waals surface area (Å²) in [6.07, 6.45) is 2.80. The largest absolute Gasteiger partial charge is 0.375 e. The molecular weight excluding hydrogens is 441 g/mol. The fraction of sp³-hybridized carbons (Fsp3) is 0.316. The number of fused-ring (bicyclic) bond motifs is 1. The fourth-order valence-electron chi connectivity index (χ4n) is 2.47. The van der Waals surface area contributed by atoms with Gasteiger partial charge in [-0.15, -0.1) is 0 Å². The van der Waals surface area contributed by atoms with Crippen LogP contribution in [0.2, 0.25) is 5.02 Å². The molecule has 0 aliphatic heterocycles. The van der Waals surface area contributed by atoms with Gasteiger partial charge in [-0.25, -0.2) is 9.50 Å². The van der Waals surface area contributed by atoms with Crippen molar-refractivity contribution in [3.63, 3.8) is 0 Å². The first-order chi connectivity index (χ1) is 13.6. The zero-order chi connectivity index (χ0) is 21.3. The molecule has 1 aromatic carbocycles. The van der Waals surface area contributed by atoms with Crippen molar-refractivity contribution in [1.82, 2.24) is 19.9 Å². The highest BCUT2D eigenvalue weighted by Gasteiger charge is 2.34. The summed E-state index contributed by atoms with van der Waals surface area (Å²) in [7, 11) is 0. The van der Waals surface area contributed by atoms with E-state index in [9.17, 15) is 13.6 Å². The van der Waals surface area contributed by atoms with E-state index in [1.54, 1.807) is 24.3 Å². The van der Waals surface area contributed by atoms with E-state index in [0.29, 0.717) is 33.3 Å². The van der Waals surface area contributed by atoms with Crippen molar-refractivity contribution in [2.24, 2.45) is 5.92 Å². The van der Waals surface area contributed by atoms with Gasteiger partial charge in [0.25, 0.3) is 0 Å². The Morgan fingerprint density at radius 2 is 2.00 bits per heavy atom. The van der Waals surface area contributed by atoms with Crippen LogP contribution in [0.25, 0.3) is 22.3 Å². The van der Waals surface area contributed by atoms with Gasteiger partial charge in [0.15, 0.2) is 0 Å². The van der Waals surface area contributed by atoms with Gasteiger partial charge >= 0.3 is 5.38 Å². The maximum absolute atomic E-state index is 13.5. The molecule has 0 saturated carbocycles. The van der Waals surface area contributed by atoms with Gasteiger partial charge in [0.2, 0.25) is 15.9 Å². The lowest BCUT2D eigenvalue weighted by Crippen LogP contribution is -2.34. The van der Waals surface area contributed by atoms with Crippen molar-refractivity contribution in [2.45, 2.75) is 32.2 Å². The number of benzene rings is 1. The third kappa shape index (κ3) is 4.76. The second kappa shape index (κ2) is 8.38. The van der Waals surface area contributed by atoms with E-state index < -0.39 is 10.4 Å². The summed E-state index contributed by atoms with van der Waals surface area (Å²) < 4.78 is 28.2. The zero-order valence-corrected chi connectivity index (χ0v) is 18.1. The van der Waals surface area contributed by atoms with E-state index in [4.69, 9.17) is 23.2 Å². The van der Waals surface area contributed by atoms with Gasteiger partial charge in [0.05, 0.1) is 10.7 Å². The lowest BCUT2D eigenvalue weighted by Gasteiger charge is -2.15.